The van der Waals surface area contributed by atoms with E-state index in [1.165, 1.54) is 6.08 Å². The number of benzene rings is 2. The van der Waals surface area contributed by atoms with Gasteiger partial charge in [-0.25, -0.2) is 4.79 Å². The number of para-hydroxylation sites is 1. The molecular formula is C24H25NO4. The summed E-state index contributed by atoms with van der Waals surface area (Å²) in [5.74, 6) is 0.403. The van der Waals surface area contributed by atoms with Crippen molar-refractivity contribution in [1.29, 1.82) is 0 Å². The van der Waals surface area contributed by atoms with Gasteiger partial charge in [-0.05, 0) is 49.0 Å². The van der Waals surface area contributed by atoms with Crippen molar-refractivity contribution in [3.63, 3.8) is 0 Å². The average molecular weight is 391 g/mol. The van der Waals surface area contributed by atoms with E-state index in [-0.39, 0.29) is 11.3 Å². The molecule has 1 aromatic heterocycles. The zero-order valence-electron chi connectivity index (χ0n) is 16.8. The summed E-state index contributed by atoms with van der Waals surface area (Å²) >= 11 is 0. The molecule has 0 aliphatic rings. The van der Waals surface area contributed by atoms with Gasteiger partial charge in [-0.1, -0.05) is 50.3 Å². The number of hydrogen-bond donors (Lipinski definition) is 0. The number of nitrogens with zero attached hydrogens (tertiary/aromatic N) is 1. The first kappa shape index (κ1) is 20.6. The molecule has 0 unspecified atom stereocenters. The number of hydrogen-bond acceptors (Lipinski definition) is 5. The topological polar surface area (TPSA) is 59.8 Å². The van der Waals surface area contributed by atoms with E-state index in [2.05, 4.69) is 18.7 Å². The second-order valence-electron chi connectivity index (χ2n) is 6.63. The molecule has 0 aliphatic carbocycles. The number of allylic oxidation sites excluding steroid dienone is 1. The minimum absolute atomic E-state index is 0.0244. The summed E-state index contributed by atoms with van der Waals surface area (Å²) in [7, 11) is 0. The molecule has 2 aromatic carbocycles. The van der Waals surface area contributed by atoms with Crippen LogP contribution < -0.4 is 10.4 Å². The van der Waals surface area contributed by atoms with Gasteiger partial charge in [-0.15, -0.1) is 0 Å². The van der Waals surface area contributed by atoms with E-state index in [9.17, 15) is 9.59 Å². The fraction of sp³-hybridized carbons (Fsp3) is 0.250. The molecule has 0 radical (unpaired) electrons. The zero-order chi connectivity index (χ0) is 20.6. The molecule has 5 heteroatoms. The van der Waals surface area contributed by atoms with Gasteiger partial charge in [0.1, 0.15) is 23.5 Å². The largest absolute Gasteiger partial charge is 0.492 e. The number of likely N-dealkylation sites (N-methyl/N-ethyl adjacent to an activating group) is 1. The van der Waals surface area contributed by atoms with Gasteiger partial charge in [-0.2, -0.15) is 0 Å². The van der Waals surface area contributed by atoms with Crippen molar-refractivity contribution in [2.24, 2.45) is 0 Å². The lowest BCUT2D eigenvalue weighted by Gasteiger charge is -2.17. The standard InChI is InChI=1S/C24H25NO4/c1-3-25(4-2)15-16-28-20-12-9-18(10-13-20)11-14-22(26)21-17-19-7-5-6-8-23(19)29-24(21)27/h5-14,17H,3-4,15-16H2,1-2H3/b14-11+. The molecule has 0 atom stereocenters. The summed E-state index contributed by atoms with van der Waals surface area (Å²) in [6.07, 6.45) is 3.06. The minimum atomic E-state index is -0.629. The fourth-order valence-corrected chi connectivity index (χ4v) is 3.00. The number of carbonyl (C=O) groups excluding carboxylic acids is 1. The fourth-order valence-electron chi connectivity index (χ4n) is 3.00. The number of fused-ring (bicyclic) bond motifs is 1. The summed E-state index contributed by atoms with van der Waals surface area (Å²) in [6, 6.07) is 16.2. The lowest BCUT2D eigenvalue weighted by Crippen LogP contribution is -2.27. The third-order valence-corrected chi connectivity index (χ3v) is 4.78. The molecule has 1 heterocycles. The van der Waals surface area contributed by atoms with Gasteiger partial charge in [0, 0.05) is 11.9 Å². The molecule has 0 fully saturated rings. The van der Waals surface area contributed by atoms with Crippen LogP contribution in [0, 0.1) is 0 Å². The summed E-state index contributed by atoms with van der Waals surface area (Å²) in [5, 5.41) is 0.718. The van der Waals surface area contributed by atoms with Crippen LogP contribution in [0.25, 0.3) is 17.0 Å². The summed E-state index contributed by atoms with van der Waals surface area (Å²) in [6.45, 7) is 7.80. The molecule has 150 valence electrons. The lowest BCUT2D eigenvalue weighted by molar-refractivity contribution is 0.104. The van der Waals surface area contributed by atoms with Gasteiger partial charge < -0.3 is 14.1 Å². The summed E-state index contributed by atoms with van der Waals surface area (Å²) in [4.78, 5) is 26.8. The van der Waals surface area contributed by atoms with Crippen LogP contribution in [0.15, 0.2) is 69.9 Å². The molecule has 0 bridgehead atoms. The predicted molar refractivity (Wildman–Crippen MR) is 116 cm³/mol. The Bertz CT molecular complexity index is 1050. The maximum absolute atomic E-state index is 12.4. The van der Waals surface area contributed by atoms with Crippen LogP contribution >= 0.6 is 0 Å². The minimum Gasteiger partial charge on any atom is -0.492 e. The SMILES string of the molecule is CCN(CC)CCOc1ccc(/C=C/C(=O)c2cc3ccccc3oc2=O)cc1. The quantitative estimate of drug-likeness (QED) is 0.307. The highest BCUT2D eigenvalue weighted by atomic mass is 16.5. The van der Waals surface area contributed by atoms with E-state index in [0.29, 0.717) is 12.2 Å². The van der Waals surface area contributed by atoms with Crippen molar-refractivity contribution < 1.29 is 13.9 Å². The van der Waals surface area contributed by atoms with Crippen molar-refractivity contribution in [1.82, 2.24) is 4.90 Å². The number of rotatable bonds is 9. The molecule has 3 aromatic rings. The Morgan fingerprint density at radius 3 is 2.52 bits per heavy atom. The van der Waals surface area contributed by atoms with Crippen molar-refractivity contribution in [2.75, 3.05) is 26.2 Å². The van der Waals surface area contributed by atoms with E-state index in [1.807, 2.05) is 30.3 Å². The van der Waals surface area contributed by atoms with Crippen LogP contribution in [-0.2, 0) is 0 Å². The first-order chi connectivity index (χ1) is 14.1. The molecule has 0 aliphatic heterocycles. The molecular weight excluding hydrogens is 366 g/mol. The Labute approximate surface area is 170 Å². The molecule has 0 saturated heterocycles. The van der Waals surface area contributed by atoms with E-state index in [0.717, 1.165) is 36.3 Å². The predicted octanol–water partition coefficient (Wildman–Crippen LogP) is 4.41. The van der Waals surface area contributed by atoms with Gasteiger partial charge >= 0.3 is 5.63 Å². The monoisotopic (exact) mass is 391 g/mol. The molecule has 3 rings (SSSR count). The zero-order valence-corrected chi connectivity index (χ0v) is 16.8. The Balaban J connectivity index is 1.63. The summed E-state index contributed by atoms with van der Waals surface area (Å²) in [5.41, 5.74) is 0.709. The molecule has 0 saturated carbocycles. The van der Waals surface area contributed by atoms with Gasteiger partial charge in [0.2, 0.25) is 0 Å². The molecule has 5 nitrogen and oxygen atoms in total. The van der Waals surface area contributed by atoms with Crippen molar-refractivity contribution in [2.45, 2.75) is 13.8 Å². The molecule has 0 N–H and O–H groups in total. The first-order valence-electron chi connectivity index (χ1n) is 9.81. The van der Waals surface area contributed by atoms with Crippen molar-refractivity contribution in [3.05, 3.63) is 82.2 Å². The van der Waals surface area contributed by atoms with Gasteiger partial charge in [0.25, 0.3) is 0 Å². The van der Waals surface area contributed by atoms with Crippen molar-refractivity contribution >= 4 is 22.8 Å². The molecule has 0 spiro atoms. The smallest absolute Gasteiger partial charge is 0.347 e. The Hall–Kier alpha value is -3.18. The van der Waals surface area contributed by atoms with Gasteiger partial charge in [0.15, 0.2) is 5.78 Å². The van der Waals surface area contributed by atoms with Gasteiger partial charge in [-0.3, -0.25) is 4.79 Å². The Kier molecular flexibility index (Phi) is 6.98. The third kappa shape index (κ3) is 5.42. The van der Waals surface area contributed by atoms with E-state index in [4.69, 9.17) is 9.15 Å². The van der Waals surface area contributed by atoms with E-state index < -0.39 is 5.63 Å². The van der Waals surface area contributed by atoms with E-state index >= 15 is 0 Å². The third-order valence-electron chi connectivity index (χ3n) is 4.78. The highest BCUT2D eigenvalue weighted by molar-refractivity contribution is 6.07. The summed E-state index contributed by atoms with van der Waals surface area (Å²) < 4.78 is 11.0. The number of ketones is 1. The normalized spacial score (nSPS) is 11.4. The van der Waals surface area contributed by atoms with E-state index in [1.54, 1.807) is 30.3 Å². The Morgan fingerprint density at radius 2 is 1.79 bits per heavy atom. The molecule has 29 heavy (non-hydrogen) atoms. The maximum atomic E-state index is 12.4. The van der Waals surface area contributed by atoms with Gasteiger partial charge in [0.05, 0.1) is 0 Å². The maximum Gasteiger partial charge on any atom is 0.347 e. The van der Waals surface area contributed by atoms with Crippen LogP contribution in [0.2, 0.25) is 0 Å². The van der Waals surface area contributed by atoms with Crippen LogP contribution in [0.1, 0.15) is 29.8 Å². The van der Waals surface area contributed by atoms with Crippen LogP contribution in [0.5, 0.6) is 5.75 Å². The highest BCUT2D eigenvalue weighted by Gasteiger charge is 2.11. The van der Waals surface area contributed by atoms with Crippen LogP contribution in [0.3, 0.4) is 0 Å². The number of carbonyl (C=O) groups is 1. The molecule has 0 amide bonds. The first-order valence-corrected chi connectivity index (χ1v) is 9.81. The highest BCUT2D eigenvalue weighted by Crippen LogP contribution is 2.15. The Morgan fingerprint density at radius 1 is 1.07 bits per heavy atom. The second kappa shape index (κ2) is 9.85. The second-order valence-corrected chi connectivity index (χ2v) is 6.63. The average Bonchev–Trinajstić information content (AvgIpc) is 2.75. The number of ether oxygens (including phenoxy) is 1. The van der Waals surface area contributed by atoms with Crippen LogP contribution in [-0.4, -0.2) is 36.9 Å². The lowest BCUT2D eigenvalue weighted by atomic mass is 10.1. The van der Waals surface area contributed by atoms with Crippen LogP contribution in [0.4, 0.5) is 0 Å². The van der Waals surface area contributed by atoms with Crippen molar-refractivity contribution in [3.8, 4) is 5.75 Å².